The van der Waals surface area contributed by atoms with Crippen LogP contribution in [0.5, 0.6) is 5.75 Å². The van der Waals surface area contributed by atoms with Crippen LogP contribution in [0.3, 0.4) is 0 Å². The Balaban J connectivity index is 3.41. The largest absolute Gasteiger partial charge is 0.496 e. The summed E-state index contributed by atoms with van der Waals surface area (Å²) < 4.78 is 18.7. The Morgan fingerprint density at radius 1 is 1.64 bits per heavy atom. The SMILES string of the molecule is COc1c(C)cc(F)c(Br)c1CC#N. The normalized spacial score (nSPS) is 9.64. The lowest BCUT2D eigenvalue weighted by molar-refractivity contribution is 0.405. The Hall–Kier alpha value is -1.08. The van der Waals surface area contributed by atoms with Crippen LogP contribution in [0.25, 0.3) is 0 Å². The molecule has 0 aliphatic rings. The van der Waals surface area contributed by atoms with Crippen LogP contribution in [-0.4, -0.2) is 7.11 Å². The van der Waals surface area contributed by atoms with Crippen molar-refractivity contribution >= 4 is 15.9 Å². The van der Waals surface area contributed by atoms with Crippen molar-refractivity contribution in [3.05, 3.63) is 27.5 Å². The standard InChI is InChI=1S/C10H9BrFNO/c1-6-5-8(12)9(11)7(3-4-13)10(6)14-2/h5H,3H2,1-2H3. The molecule has 14 heavy (non-hydrogen) atoms. The summed E-state index contributed by atoms with van der Waals surface area (Å²) >= 11 is 3.10. The van der Waals surface area contributed by atoms with E-state index in [4.69, 9.17) is 10.00 Å². The molecule has 0 aromatic heterocycles. The van der Waals surface area contributed by atoms with Crippen LogP contribution in [0.4, 0.5) is 4.39 Å². The van der Waals surface area contributed by atoms with Gasteiger partial charge in [-0.3, -0.25) is 0 Å². The Bertz CT molecular complexity index is 398. The number of methoxy groups -OCH3 is 1. The monoisotopic (exact) mass is 257 g/mol. The molecule has 1 aromatic carbocycles. The molecule has 0 fully saturated rings. The molecule has 0 unspecified atom stereocenters. The van der Waals surface area contributed by atoms with Crippen LogP contribution >= 0.6 is 15.9 Å². The van der Waals surface area contributed by atoms with Crippen molar-refractivity contribution in [3.8, 4) is 11.8 Å². The summed E-state index contributed by atoms with van der Waals surface area (Å²) in [5.41, 5.74) is 1.26. The summed E-state index contributed by atoms with van der Waals surface area (Å²) in [5.74, 6) is 0.202. The minimum atomic E-state index is -0.367. The molecule has 0 aliphatic heterocycles. The predicted molar refractivity (Wildman–Crippen MR) is 54.7 cm³/mol. The summed E-state index contributed by atoms with van der Waals surface area (Å²) in [6, 6.07) is 3.36. The van der Waals surface area contributed by atoms with Crippen LogP contribution in [-0.2, 0) is 6.42 Å². The maximum Gasteiger partial charge on any atom is 0.138 e. The van der Waals surface area contributed by atoms with Crippen LogP contribution in [0, 0.1) is 24.1 Å². The Kier molecular flexibility index (Phi) is 3.48. The second kappa shape index (κ2) is 4.43. The van der Waals surface area contributed by atoms with Gasteiger partial charge in [0, 0.05) is 5.56 Å². The van der Waals surface area contributed by atoms with E-state index in [0.717, 1.165) is 0 Å². The van der Waals surface area contributed by atoms with Crippen molar-refractivity contribution < 1.29 is 9.13 Å². The average Bonchev–Trinajstić information content (AvgIpc) is 2.14. The van der Waals surface area contributed by atoms with E-state index < -0.39 is 0 Å². The second-order valence-electron chi connectivity index (χ2n) is 2.84. The lowest BCUT2D eigenvalue weighted by Gasteiger charge is -2.11. The van der Waals surface area contributed by atoms with Gasteiger partial charge in [-0.25, -0.2) is 4.39 Å². The molecule has 0 saturated heterocycles. The highest BCUT2D eigenvalue weighted by atomic mass is 79.9. The Morgan fingerprint density at radius 3 is 2.79 bits per heavy atom. The molecule has 0 N–H and O–H groups in total. The maximum absolute atomic E-state index is 13.3. The van der Waals surface area contributed by atoms with Gasteiger partial charge in [-0.1, -0.05) is 0 Å². The van der Waals surface area contributed by atoms with Crippen molar-refractivity contribution in [1.29, 1.82) is 5.26 Å². The molecule has 0 saturated carbocycles. The average molecular weight is 258 g/mol. The van der Waals surface area contributed by atoms with E-state index in [-0.39, 0.29) is 12.2 Å². The van der Waals surface area contributed by atoms with Crippen molar-refractivity contribution in [2.24, 2.45) is 0 Å². The zero-order valence-electron chi connectivity index (χ0n) is 7.90. The highest BCUT2D eigenvalue weighted by Crippen LogP contribution is 2.32. The molecule has 1 rings (SSSR count). The van der Waals surface area contributed by atoms with E-state index in [0.29, 0.717) is 21.3 Å². The molecule has 0 radical (unpaired) electrons. The molecule has 0 bridgehead atoms. The van der Waals surface area contributed by atoms with E-state index in [1.54, 1.807) is 6.92 Å². The van der Waals surface area contributed by atoms with Gasteiger partial charge in [0.25, 0.3) is 0 Å². The lowest BCUT2D eigenvalue weighted by atomic mass is 10.1. The zero-order valence-corrected chi connectivity index (χ0v) is 9.48. The third-order valence-electron chi connectivity index (χ3n) is 1.91. The van der Waals surface area contributed by atoms with Crippen LogP contribution in [0.1, 0.15) is 11.1 Å². The molecule has 0 spiro atoms. The number of nitriles is 1. The third-order valence-corrected chi connectivity index (χ3v) is 2.77. The third kappa shape index (κ3) is 1.88. The van der Waals surface area contributed by atoms with E-state index in [1.807, 2.05) is 6.07 Å². The van der Waals surface area contributed by atoms with Gasteiger partial charge < -0.3 is 4.74 Å². The first-order valence-electron chi connectivity index (χ1n) is 4.00. The van der Waals surface area contributed by atoms with Gasteiger partial charge in [0.2, 0.25) is 0 Å². The molecule has 74 valence electrons. The van der Waals surface area contributed by atoms with E-state index >= 15 is 0 Å². The highest BCUT2D eigenvalue weighted by molar-refractivity contribution is 9.10. The number of benzene rings is 1. The van der Waals surface area contributed by atoms with Crippen molar-refractivity contribution in [1.82, 2.24) is 0 Å². The van der Waals surface area contributed by atoms with Crippen LogP contribution < -0.4 is 4.74 Å². The van der Waals surface area contributed by atoms with Gasteiger partial charge in [0.15, 0.2) is 0 Å². The first-order valence-corrected chi connectivity index (χ1v) is 4.79. The number of hydrogen-bond acceptors (Lipinski definition) is 2. The fourth-order valence-electron chi connectivity index (χ4n) is 1.32. The molecular formula is C10H9BrFNO. The number of rotatable bonds is 2. The van der Waals surface area contributed by atoms with Gasteiger partial charge in [-0.05, 0) is 34.5 Å². The van der Waals surface area contributed by atoms with Gasteiger partial charge in [-0.15, -0.1) is 0 Å². The molecule has 0 atom stereocenters. The Labute approximate surface area is 90.4 Å². The van der Waals surface area contributed by atoms with Crippen LogP contribution in [0.2, 0.25) is 0 Å². The molecule has 0 aliphatic carbocycles. The van der Waals surface area contributed by atoms with Crippen molar-refractivity contribution in [3.63, 3.8) is 0 Å². The van der Waals surface area contributed by atoms with Crippen LogP contribution in [0.15, 0.2) is 10.5 Å². The number of aryl methyl sites for hydroxylation is 1. The molecule has 0 heterocycles. The number of halogens is 2. The summed E-state index contributed by atoms with van der Waals surface area (Å²) in [4.78, 5) is 0. The minimum Gasteiger partial charge on any atom is -0.496 e. The second-order valence-corrected chi connectivity index (χ2v) is 3.63. The number of hydrogen-bond donors (Lipinski definition) is 0. The molecule has 0 amide bonds. The molecular weight excluding hydrogens is 249 g/mol. The number of nitrogens with zero attached hydrogens (tertiary/aromatic N) is 1. The quantitative estimate of drug-likeness (QED) is 0.816. The summed E-state index contributed by atoms with van der Waals surface area (Å²) in [6.45, 7) is 1.75. The lowest BCUT2D eigenvalue weighted by Crippen LogP contribution is -1.98. The highest BCUT2D eigenvalue weighted by Gasteiger charge is 2.14. The van der Waals surface area contributed by atoms with Gasteiger partial charge >= 0.3 is 0 Å². The van der Waals surface area contributed by atoms with Gasteiger partial charge in [0.05, 0.1) is 24.1 Å². The summed E-state index contributed by atoms with van der Waals surface area (Å²) in [7, 11) is 1.51. The van der Waals surface area contributed by atoms with E-state index in [1.165, 1.54) is 13.2 Å². The fraction of sp³-hybridized carbons (Fsp3) is 0.300. The predicted octanol–water partition coefficient (Wildman–Crippen LogP) is 2.97. The maximum atomic E-state index is 13.3. The first-order chi connectivity index (χ1) is 6.61. The topological polar surface area (TPSA) is 33.0 Å². The fourth-order valence-corrected chi connectivity index (χ4v) is 1.76. The Morgan fingerprint density at radius 2 is 2.29 bits per heavy atom. The van der Waals surface area contributed by atoms with Gasteiger partial charge in [-0.2, -0.15) is 5.26 Å². The first kappa shape index (κ1) is 11.0. The molecule has 4 heteroatoms. The van der Waals surface area contributed by atoms with E-state index in [9.17, 15) is 4.39 Å². The molecule has 2 nitrogen and oxygen atoms in total. The van der Waals surface area contributed by atoms with Gasteiger partial charge in [0.1, 0.15) is 11.6 Å². The van der Waals surface area contributed by atoms with Crippen molar-refractivity contribution in [2.75, 3.05) is 7.11 Å². The number of ether oxygens (including phenoxy) is 1. The smallest absolute Gasteiger partial charge is 0.138 e. The molecule has 1 aromatic rings. The van der Waals surface area contributed by atoms with E-state index in [2.05, 4.69) is 15.9 Å². The van der Waals surface area contributed by atoms with Crippen molar-refractivity contribution in [2.45, 2.75) is 13.3 Å². The summed E-state index contributed by atoms with van der Waals surface area (Å²) in [5, 5.41) is 8.60. The zero-order chi connectivity index (χ0) is 10.7. The summed E-state index contributed by atoms with van der Waals surface area (Å²) in [6.07, 6.45) is 0.127. The minimum absolute atomic E-state index is 0.127.